The number of allylic oxidation sites excluding steroid dienone is 4. The molecule has 1 nitrogen and oxygen atoms in total. The monoisotopic (exact) mass is 224 g/mol. The Bertz CT molecular complexity index is 162. The highest BCUT2D eigenvalue weighted by atomic mass is 16.3. The molecule has 0 aliphatic rings. The van der Waals surface area contributed by atoms with E-state index in [1.165, 1.54) is 12.8 Å². The Balaban J connectivity index is 3.33. The smallest absolute Gasteiger partial charge is 0.0546 e. The molecule has 0 spiro atoms. The standard InChI is InChI=1S/C15H28O/c1-3-5-7-9-11-13-15(16)14-12-10-8-6-4-2/h7-10,15-16H,3-6,11-14H2,1-2H3. The maximum Gasteiger partial charge on any atom is 0.0546 e. The second kappa shape index (κ2) is 12.5. The second-order valence-electron chi connectivity index (χ2n) is 4.33. The molecule has 0 saturated carbocycles. The first-order valence-electron chi connectivity index (χ1n) is 6.79. The molecule has 0 saturated heterocycles. The van der Waals surface area contributed by atoms with Crippen molar-refractivity contribution in [3.63, 3.8) is 0 Å². The number of aliphatic hydroxyl groups is 1. The van der Waals surface area contributed by atoms with E-state index < -0.39 is 0 Å². The lowest BCUT2D eigenvalue weighted by Crippen LogP contribution is -2.04. The molecule has 94 valence electrons. The van der Waals surface area contributed by atoms with Crippen LogP contribution in [0.3, 0.4) is 0 Å². The number of rotatable bonds is 10. The summed E-state index contributed by atoms with van der Waals surface area (Å²) in [5, 5.41) is 9.69. The van der Waals surface area contributed by atoms with Crippen molar-refractivity contribution in [2.24, 2.45) is 0 Å². The molecular formula is C15H28O. The fourth-order valence-corrected chi connectivity index (χ4v) is 1.53. The van der Waals surface area contributed by atoms with E-state index in [1.807, 2.05) is 0 Å². The van der Waals surface area contributed by atoms with Crippen molar-refractivity contribution in [3.8, 4) is 0 Å². The van der Waals surface area contributed by atoms with Gasteiger partial charge < -0.3 is 5.11 Å². The Morgan fingerprint density at radius 1 is 0.750 bits per heavy atom. The first-order chi connectivity index (χ1) is 7.81. The van der Waals surface area contributed by atoms with Gasteiger partial charge in [0.2, 0.25) is 0 Å². The Kier molecular flexibility index (Phi) is 12.1. The van der Waals surface area contributed by atoms with E-state index in [4.69, 9.17) is 0 Å². The topological polar surface area (TPSA) is 20.2 Å². The molecule has 0 aliphatic carbocycles. The SMILES string of the molecule is CCCC=CCCC(O)CCC=CCCC. The van der Waals surface area contributed by atoms with Crippen LogP contribution in [0.25, 0.3) is 0 Å². The van der Waals surface area contributed by atoms with Crippen molar-refractivity contribution < 1.29 is 5.11 Å². The van der Waals surface area contributed by atoms with E-state index in [0.717, 1.165) is 38.5 Å². The van der Waals surface area contributed by atoms with Crippen LogP contribution in [0.1, 0.15) is 65.2 Å². The zero-order chi connectivity index (χ0) is 12.1. The molecule has 0 fully saturated rings. The summed E-state index contributed by atoms with van der Waals surface area (Å²) in [6.07, 6.45) is 17.3. The summed E-state index contributed by atoms with van der Waals surface area (Å²) in [4.78, 5) is 0. The van der Waals surface area contributed by atoms with E-state index in [9.17, 15) is 5.11 Å². The normalized spacial score (nSPS) is 13.9. The largest absolute Gasteiger partial charge is 0.393 e. The van der Waals surface area contributed by atoms with Crippen LogP contribution in [0.15, 0.2) is 24.3 Å². The van der Waals surface area contributed by atoms with Crippen molar-refractivity contribution in [2.45, 2.75) is 71.3 Å². The van der Waals surface area contributed by atoms with Crippen molar-refractivity contribution >= 4 is 0 Å². The summed E-state index contributed by atoms with van der Waals surface area (Å²) < 4.78 is 0. The molecule has 0 bridgehead atoms. The van der Waals surface area contributed by atoms with Gasteiger partial charge >= 0.3 is 0 Å². The third-order valence-electron chi connectivity index (χ3n) is 2.58. The van der Waals surface area contributed by atoms with E-state index in [2.05, 4.69) is 38.2 Å². The lowest BCUT2D eigenvalue weighted by Gasteiger charge is -2.06. The van der Waals surface area contributed by atoms with Gasteiger partial charge in [0, 0.05) is 0 Å². The lowest BCUT2D eigenvalue weighted by molar-refractivity contribution is 0.157. The van der Waals surface area contributed by atoms with E-state index in [0.29, 0.717) is 0 Å². The first kappa shape index (κ1) is 15.4. The molecule has 0 aromatic rings. The van der Waals surface area contributed by atoms with Gasteiger partial charge in [-0.15, -0.1) is 0 Å². The molecule has 0 rings (SSSR count). The third-order valence-corrected chi connectivity index (χ3v) is 2.58. The number of hydrogen-bond donors (Lipinski definition) is 1. The van der Waals surface area contributed by atoms with Crippen LogP contribution in [0.2, 0.25) is 0 Å². The van der Waals surface area contributed by atoms with E-state index in [-0.39, 0.29) is 6.10 Å². The predicted molar refractivity (Wildman–Crippen MR) is 72.6 cm³/mol. The van der Waals surface area contributed by atoms with Crippen LogP contribution in [-0.4, -0.2) is 11.2 Å². The number of aliphatic hydroxyl groups excluding tert-OH is 1. The highest BCUT2D eigenvalue weighted by molar-refractivity contribution is 4.84. The van der Waals surface area contributed by atoms with Crippen molar-refractivity contribution in [3.05, 3.63) is 24.3 Å². The molecule has 0 aromatic heterocycles. The maximum absolute atomic E-state index is 9.69. The van der Waals surface area contributed by atoms with Crippen LogP contribution in [-0.2, 0) is 0 Å². The van der Waals surface area contributed by atoms with E-state index in [1.54, 1.807) is 0 Å². The van der Waals surface area contributed by atoms with Crippen molar-refractivity contribution in [2.75, 3.05) is 0 Å². The Morgan fingerprint density at radius 3 is 1.50 bits per heavy atom. The molecule has 0 atom stereocenters. The van der Waals surface area contributed by atoms with Gasteiger partial charge in [-0.05, 0) is 38.5 Å². The van der Waals surface area contributed by atoms with Crippen LogP contribution >= 0.6 is 0 Å². The maximum atomic E-state index is 9.69. The van der Waals surface area contributed by atoms with Crippen LogP contribution in [0.4, 0.5) is 0 Å². The number of hydrogen-bond acceptors (Lipinski definition) is 1. The predicted octanol–water partition coefficient (Wildman–Crippen LogP) is 4.62. The molecular weight excluding hydrogens is 196 g/mol. The van der Waals surface area contributed by atoms with Gasteiger partial charge in [-0.25, -0.2) is 0 Å². The molecule has 1 heteroatoms. The van der Waals surface area contributed by atoms with E-state index >= 15 is 0 Å². The summed E-state index contributed by atoms with van der Waals surface area (Å²) in [7, 11) is 0. The molecule has 0 aliphatic heterocycles. The van der Waals surface area contributed by atoms with Crippen molar-refractivity contribution in [1.29, 1.82) is 0 Å². The lowest BCUT2D eigenvalue weighted by atomic mass is 10.1. The van der Waals surface area contributed by atoms with Crippen molar-refractivity contribution in [1.82, 2.24) is 0 Å². The summed E-state index contributed by atoms with van der Waals surface area (Å²) >= 11 is 0. The Hall–Kier alpha value is -0.560. The average molecular weight is 224 g/mol. The number of unbranched alkanes of at least 4 members (excludes halogenated alkanes) is 2. The average Bonchev–Trinajstić information content (AvgIpc) is 2.28. The molecule has 0 heterocycles. The second-order valence-corrected chi connectivity index (χ2v) is 4.33. The molecule has 16 heavy (non-hydrogen) atoms. The zero-order valence-corrected chi connectivity index (χ0v) is 11.0. The fraction of sp³-hybridized carbons (Fsp3) is 0.733. The van der Waals surface area contributed by atoms with Gasteiger partial charge in [-0.1, -0.05) is 51.0 Å². The highest BCUT2D eigenvalue weighted by Crippen LogP contribution is 2.07. The quantitative estimate of drug-likeness (QED) is 0.537. The molecule has 0 amide bonds. The molecule has 0 unspecified atom stereocenters. The minimum atomic E-state index is -0.127. The van der Waals surface area contributed by atoms with Gasteiger partial charge in [0.05, 0.1) is 6.10 Å². The van der Waals surface area contributed by atoms with Crippen LogP contribution in [0, 0.1) is 0 Å². The first-order valence-corrected chi connectivity index (χ1v) is 6.79. The van der Waals surface area contributed by atoms with Gasteiger partial charge in [-0.3, -0.25) is 0 Å². The summed E-state index contributed by atoms with van der Waals surface area (Å²) in [5.74, 6) is 0. The van der Waals surface area contributed by atoms with Gasteiger partial charge in [-0.2, -0.15) is 0 Å². The van der Waals surface area contributed by atoms with Gasteiger partial charge in [0.1, 0.15) is 0 Å². The zero-order valence-electron chi connectivity index (χ0n) is 11.0. The molecule has 0 aromatic carbocycles. The fourth-order valence-electron chi connectivity index (χ4n) is 1.53. The summed E-state index contributed by atoms with van der Waals surface area (Å²) in [6, 6.07) is 0. The minimum Gasteiger partial charge on any atom is -0.393 e. The summed E-state index contributed by atoms with van der Waals surface area (Å²) in [6.45, 7) is 4.36. The highest BCUT2D eigenvalue weighted by Gasteiger charge is 2.00. The summed E-state index contributed by atoms with van der Waals surface area (Å²) in [5.41, 5.74) is 0. The van der Waals surface area contributed by atoms with Gasteiger partial charge in [0.15, 0.2) is 0 Å². The Labute approximate surface area is 101 Å². The molecule has 0 radical (unpaired) electrons. The molecule has 1 N–H and O–H groups in total. The Morgan fingerprint density at radius 2 is 1.12 bits per heavy atom. The van der Waals surface area contributed by atoms with Crippen LogP contribution in [0.5, 0.6) is 0 Å². The minimum absolute atomic E-state index is 0.127. The van der Waals surface area contributed by atoms with Crippen LogP contribution < -0.4 is 0 Å². The van der Waals surface area contributed by atoms with Gasteiger partial charge in [0.25, 0.3) is 0 Å². The third kappa shape index (κ3) is 11.5.